The normalized spacial score (nSPS) is 13.3. The lowest BCUT2D eigenvalue weighted by molar-refractivity contribution is -0.0267. The third kappa shape index (κ3) is 6.72. The highest BCUT2D eigenvalue weighted by Crippen LogP contribution is 2.26. The Hall–Kier alpha value is 0.310. The van der Waals surface area contributed by atoms with Gasteiger partial charge in [-0.25, -0.2) is 0 Å². The Kier molecular flexibility index (Phi) is 6.15. The van der Waals surface area contributed by atoms with Crippen LogP contribution in [0, 0.1) is 0 Å². The van der Waals surface area contributed by atoms with E-state index in [2.05, 4.69) is 40.9 Å². The number of hydrogen-bond donors (Lipinski definition) is 0. The molecule has 0 N–H and O–H groups in total. The van der Waals surface area contributed by atoms with E-state index in [0.29, 0.717) is 4.75 Å². The Morgan fingerprint density at radius 1 is 1.07 bits per heavy atom. The molecular weight excluding hydrogens is 192 g/mol. The first-order valence-corrected chi connectivity index (χ1v) is 6.74. The SMILES string of the molecule is CCCC(C)(C)OCCC(C)(C)SC. The Labute approximate surface area is 94.0 Å². The van der Waals surface area contributed by atoms with Crippen LogP contribution >= 0.6 is 11.8 Å². The molecule has 0 amide bonds. The van der Waals surface area contributed by atoms with Crippen molar-refractivity contribution in [3.05, 3.63) is 0 Å². The second-order valence-corrected chi connectivity index (χ2v) is 6.59. The molecule has 0 aromatic carbocycles. The zero-order valence-electron chi connectivity index (χ0n) is 10.6. The van der Waals surface area contributed by atoms with Crippen molar-refractivity contribution in [1.82, 2.24) is 0 Å². The summed E-state index contributed by atoms with van der Waals surface area (Å²) < 4.78 is 6.24. The van der Waals surface area contributed by atoms with Gasteiger partial charge in [-0.3, -0.25) is 0 Å². The van der Waals surface area contributed by atoms with Crippen LogP contribution in [0.5, 0.6) is 0 Å². The van der Waals surface area contributed by atoms with Crippen molar-refractivity contribution >= 4 is 11.8 Å². The molecule has 0 fully saturated rings. The summed E-state index contributed by atoms with van der Waals surface area (Å²) in [5.74, 6) is 0. The Balaban J connectivity index is 3.73. The molecule has 0 bridgehead atoms. The van der Waals surface area contributed by atoms with E-state index in [9.17, 15) is 0 Å². The van der Waals surface area contributed by atoms with Gasteiger partial charge in [0.15, 0.2) is 0 Å². The molecule has 1 nitrogen and oxygen atoms in total. The van der Waals surface area contributed by atoms with Crippen LogP contribution in [0.25, 0.3) is 0 Å². The van der Waals surface area contributed by atoms with Gasteiger partial charge in [0, 0.05) is 11.4 Å². The molecule has 0 aliphatic heterocycles. The third-order valence-corrected chi connectivity index (χ3v) is 3.91. The van der Waals surface area contributed by atoms with Crippen LogP contribution in [-0.2, 0) is 4.74 Å². The maximum Gasteiger partial charge on any atom is 0.0626 e. The first-order chi connectivity index (χ1) is 6.33. The maximum atomic E-state index is 5.89. The highest BCUT2D eigenvalue weighted by atomic mass is 32.2. The molecule has 0 saturated heterocycles. The first-order valence-electron chi connectivity index (χ1n) is 5.52. The van der Waals surface area contributed by atoms with E-state index in [-0.39, 0.29) is 5.60 Å². The molecule has 0 rings (SSSR count). The quantitative estimate of drug-likeness (QED) is 0.636. The maximum absolute atomic E-state index is 5.89. The first kappa shape index (κ1) is 14.3. The Morgan fingerprint density at radius 3 is 2.07 bits per heavy atom. The van der Waals surface area contributed by atoms with Crippen LogP contribution in [-0.4, -0.2) is 23.2 Å². The molecule has 0 radical (unpaired) electrons. The molecule has 0 aliphatic carbocycles. The number of thioether (sulfide) groups is 1. The van der Waals surface area contributed by atoms with E-state index in [1.54, 1.807) is 0 Å². The predicted octanol–water partition coefficient (Wildman–Crippen LogP) is 4.11. The average molecular weight is 218 g/mol. The third-order valence-electron chi connectivity index (χ3n) is 2.60. The number of hydrogen-bond acceptors (Lipinski definition) is 2. The van der Waals surface area contributed by atoms with E-state index < -0.39 is 0 Å². The smallest absolute Gasteiger partial charge is 0.0626 e. The van der Waals surface area contributed by atoms with Gasteiger partial charge in [0.2, 0.25) is 0 Å². The van der Waals surface area contributed by atoms with Crippen molar-refractivity contribution in [2.24, 2.45) is 0 Å². The van der Waals surface area contributed by atoms with Crippen LogP contribution in [0.3, 0.4) is 0 Å². The molecular formula is C12H26OS. The minimum absolute atomic E-state index is 0.0588. The summed E-state index contributed by atoms with van der Waals surface area (Å²) >= 11 is 1.91. The standard InChI is InChI=1S/C12H26OS/c1-7-8-11(2,3)13-10-9-12(4,5)14-6/h7-10H2,1-6H3. The molecule has 14 heavy (non-hydrogen) atoms. The van der Waals surface area contributed by atoms with Gasteiger partial charge >= 0.3 is 0 Å². The summed E-state index contributed by atoms with van der Waals surface area (Å²) in [6.07, 6.45) is 5.63. The molecule has 2 heteroatoms. The topological polar surface area (TPSA) is 9.23 Å². The van der Waals surface area contributed by atoms with Crippen molar-refractivity contribution < 1.29 is 4.74 Å². The summed E-state index contributed by atoms with van der Waals surface area (Å²) in [5, 5.41) is 0. The van der Waals surface area contributed by atoms with Crippen LogP contribution in [0.15, 0.2) is 0 Å². The molecule has 86 valence electrons. The molecule has 0 aromatic rings. The molecule has 0 atom stereocenters. The van der Waals surface area contributed by atoms with Crippen molar-refractivity contribution in [1.29, 1.82) is 0 Å². The lowest BCUT2D eigenvalue weighted by Gasteiger charge is -2.28. The average Bonchev–Trinajstić information content (AvgIpc) is 2.03. The zero-order valence-corrected chi connectivity index (χ0v) is 11.5. The van der Waals surface area contributed by atoms with Crippen molar-refractivity contribution in [3.63, 3.8) is 0 Å². The van der Waals surface area contributed by atoms with E-state index in [4.69, 9.17) is 4.74 Å². The summed E-state index contributed by atoms with van der Waals surface area (Å²) in [5.41, 5.74) is 0.0588. The van der Waals surface area contributed by atoms with Crippen LogP contribution in [0.1, 0.15) is 53.9 Å². The second kappa shape index (κ2) is 6.02. The molecule has 0 heterocycles. The van der Waals surface area contributed by atoms with Gasteiger partial charge in [-0.15, -0.1) is 0 Å². The Bertz CT molecular complexity index is 152. The van der Waals surface area contributed by atoms with Crippen LogP contribution in [0.4, 0.5) is 0 Å². The van der Waals surface area contributed by atoms with E-state index in [1.165, 1.54) is 6.42 Å². The summed E-state index contributed by atoms with van der Waals surface area (Å²) in [6, 6.07) is 0. The Morgan fingerprint density at radius 2 is 1.64 bits per heavy atom. The van der Waals surface area contributed by atoms with Crippen molar-refractivity contribution in [2.45, 2.75) is 64.2 Å². The predicted molar refractivity (Wildman–Crippen MR) is 67.2 cm³/mol. The lowest BCUT2D eigenvalue weighted by atomic mass is 10.0. The number of ether oxygens (including phenoxy) is 1. The van der Waals surface area contributed by atoms with Gasteiger partial charge in [0.1, 0.15) is 0 Å². The van der Waals surface area contributed by atoms with Gasteiger partial charge < -0.3 is 4.74 Å². The second-order valence-electron chi connectivity index (χ2n) is 5.07. The van der Waals surface area contributed by atoms with Crippen molar-refractivity contribution in [2.75, 3.05) is 12.9 Å². The van der Waals surface area contributed by atoms with Gasteiger partial charge in [0.25, 0.3) is 0 Å². The minimum atomic E-state index is 0.0588. The summed E-state index contributed by atoms with van der Waals surface area (Å²) in [6.45, 7) is 12.0. The lowest BCUT2D eigenvalue weighted by Crippen LogP contribution is -2.27. The van der Waals surface area contributed by atoms with E-state index in [0.717, 1.165) is 19.4 Å². The van der Waals surface area contributed by atoms with Crippen LogP contribution in [0.2, 0.25) is 0 Å². The fourth-order valence-electron chi connectivity index (χ4n) is 1.35. The van der Waals surface area contributed by atoms with E-state index >= 15 is 0 Å². The summed E-state index contributed by atoms with van der Waals surface area (Å²) in [4.78, 5) is 0. The van der Waals surface area contributed by atoms with Crippen molar-refractivity contribution in [3.8, 4) is 0 Å². The molecule has 0 saturated carbocycles. The zero-order chi connectivity index (χ0) is 11.2. The molecule has 0 unspecified atom stereocenters. The highest BCUT2D eigenvalue weighted by Gasteiger charge is 2.20. The van der Waals surface area contributed by atoms with Gasteiger partial charge in [-0.1, -0.05) is 27.2 Å². The fraction of sp³-hybridized carbons (Fsp3) is 1.00. The number of rotatable bonds is 7. The molecule has 0 aromatic heterocycles. The largest absolute Gasteiger partial charge is 0.376 e. The van der Waals surface area contributed by atoms with Gasteiger partial charge in [0.05, 0.1) is 5.60 Å². The fourth-order valence-corrected chi connectivity index (χ4v) is 1.64. The minimum Gasteiger partial charge on any atom is -0.376 e. The molecule has 0 aliphatic rings. The van der Waals surface area contributed by atoms with E-state index in [1.807, 2.05) is 11.8 Å². The van der Waals surface area contributed by atoms with Gasteiger partial charge in [-0.05, 0) is 32.9 Å². The monoisotopic (exact) mass is 218 g/mol. The summed E-state index contributed by atoms with van der Waals surface area (Å²) in [7, 11) is 0. The van der Waals surface area contributed by atoms with Crippen LogP contribution < -0.4 is 0 Å². The highest BCUT2D eigenvalue weighted by molar-refractivity contribution is 7.99. The van der Waals surface area contributed by atoms with Gasteiger partial charge in [-0.2, -0.15) is 11.8 Å². The molecule has 0 spiro atoms.